The maximum atomic E-state index is 12.7. The van der Waals surface area contributed by atoms with Gasteiger partial charge < -0.3 is 4.74 Å². The molecule has 7 heteroatoms. The van der Waals surface area contributed by atoms with Gasteiger partial charge in [0.15, 0.2) is 9.84 Å². The second kappa shape index (κ2) is 5.04. The third-order valence-electron chi connectivity index (χ3n) is 3.52. The molecular weight excluding hydrogens is 293 g/mol. The van der Waals surface area contributed by atoms with Gasteiger partial charge in [-0.25, -0.2) is 8.42 Å². The van der Waals surface area contributed by atoms with Crippen LogP contribution in [0.4, 0.5) is 13.2 Å². The summed E-state index contributed by atoms with van der Waals surface area (Å²) >= 11 is 0. The fraction of sp³-hybridized carbons (Fsp3) is 0.538. The molecule has 2 rings (SSSR count). The molecular formula is C13H15F3O3S. The summed E-state index contributed by atoms with van der Waals surface area (Å²) < 4.78 is 67.1. The minimum absolute atomic E-state index is 0.00553. The van der Waals surface area contributed by atoms with E-state index < -0.39 is 26.3 Å². The number of hydrogen-bond donors (Lipinski definition) is 0. The van der Waals surface area contributed by atoms with Crippen molar-refractivity contribution in [3.63, 3.8) is 0 Å². The lowest BCUT2D eigenvalue weighted by atomic mass is 10.0. The molecule has 0 saturated carbocycles. The highest BCUT2D eigenvalue weighted by atomic mass is 32.2. The van der Waals surface area contributed by atoms with Crippen LogP contribution in [0.25, 0.3) is 0 Å². The first-order valence-electron chi connectivity index (χ1n) is 6.16. The van der Waals surface area contributed by atoms with E-state index in [0.29, 0.717) is 25.5 Å². The standard InChI is InChI=1S/C13H15F3O3S/c1-12(6-3-7-19-9-12)20(17,18)11-5-2-4-10(8-11)13(14,15)16/h2,4-5,8H,3,6-7,9H2,1H3. The molecule has 1 aromatic carbocycles. The quantitative estimate of drug-likeness (QED) is 0.843. The summed E-state index contributed by atoms with van der Waals surface area (Å²) in [5.74, 6) is 0. The van der Waals surface area contributed by atoms with Gasteiger partial charge in [0.05, 0.1) is 21.8 Å². The third-order valence-corrected chi connectivity index (χ3v) is 6.02. The van der Waals surface area contributed by atoms with Crippen LogP contribution in [-0.4, -0.2) is 26.4 Å². The lowest BCUT2D eigenvalue weighted by Gasteiger charge is -2.33. The Morgan fingerprint density at radius 1 is 1.30 bits per heavy atom. The first-order chi connectivity index (χ1) is 9.17. The topological polar surface area (TPSA) is 43.4 Å². The van der Waals surface area contributed by atoms with Crippen LogP contribution in [0.2, 0.25) is 0 Å². The first kappa shape index (κ1) is 15.3. The normalized spacial score (nSPS) is 24.6. The molecule has 1 aliphatic heterocycles. The molecule has 112 valence electrons. The average molecular weight is 308 g/mol. The Morgan fingerprint density at radius 3 is 2.55 bits per heavy atom. The predicted octanol–water partition coefficient (Wildman–Crippen LogP) is 3.05. The predicted molar refractivity (Wildman–Crippen MR) is 67.1 cm³/mol. The van der Waals surface area contributed by atoms with Crippen LogP contribution in [0, 0.1) is 0 Å². The van der Waals surface area contributed by atoms with Crippen molar-refractivity contribution in [1.82, 2.24) is 0 Å². The zero-order valence-corrected chi connectivity index (χ0v) is 11.7. The molecule has 1 fully saturated rings. The Hall–Kier alpha value is -1.08. The van der Waals surface area contributed by atoms with Crippen LogP contribution in [-0.2, 0) is 20.8 Å². The molecule has 3 nitrogen and oxygen atoms in total. The molecule has 1 aromatic rings. The molecule has 0 bridgehead atoms. The number of sulfone groups is 1. The van der Waals surface area contributed by atoms with Gasteiger partial charge in [-0.2, -0.15) is 13.2 Å². The smallest absolute Gasteiger partial charge is 0.380 e. The van der Waals surface area contributed by atoms with Crippen molar-refractivity contribution < 1.29 is 26.3 Å². The minimum atomic E-state index is -4.56. The van der Waals surface area contributed by atoms with Gasteiger partial charge in [0.2, 0.25) is 0 Å². The van der Waals surface area contributed by atoms with E-state index in [1.165, 1.54) is 13.0 Å². The Bertz CT molecular complexity index is 587. The summed E-state index contributed by atoms with van der Waals surface area (Å²) in [4.78, 5) is -0.305. The lowest BCUT2D eigenvalue weighted by Crippen LogP contribution is -2.43. The first-order valence-corrected chi connectivity index (χ1v) is 7.65. The van der Waals surface area contributed by atoms with Crippen LogP contribution in [0.15, 0.2) is 29.2 Å². The van der Waals surface area contributed by atoms with Gasteiger partial charge >= 0.3 is 6.18 Å². The molecule has 1 unspecified atom stereocenters. The highest BCUT2D eigenvalue weighted by molar-refractivity contribution is 7.92. The minimum Gasteiger partial charge on any atom is -0.380 e. The van der Waals surface area contributed by atoms with Gasteiger partial charge in [-0.1, -0.05) is 6.07 Å². The summed E-state index contributed by atoms with van der Waals surface area (Å²) in [5.41, 5.74) is -0.959. The van der Waals surface area contributed by atoms with Crippen molar-refractivity contribution in [2.45, 2.75) is 35.6 Å². The lowest BCUT2D eigenvalue weighted by molar-refractivity contribution is -0.137. The fourth-order valence-electron chi connectivity index (χ4n) is 2.24. The maximum Gasteiger partial charge on any atom is 0.416 e. The summed E-state index contributed by atoms with van der Waals surface area (Å²) in [6, 6.07) is 3.86. The van der Waals surface area contributed by atoms with E-state index in [0.717, 1.165) is 12.1 Å². The number of halogens is 3. The van der Waals surface area contributed by atoms with Gasteiger partial charge in [-0.3, -0.25) is 0 Å². The van der Waals surface area contributed by atoms with E-state index in [1.807, 2.05) is 0 Å². The van der Waals surface area contributed by atoms with E-state index >= 15 is 0 Å². The second-order valence-electron chi connectivity index (χ2n) is 5.14. The Balaban J connectivity index is 2.44. The monoisotopic (exact) mass is 308 g/mol. The van der Waals surface area contributed by atoms with E-state index in [9.17, 15) is 21.6 Å². The van der Waals surface area contributed by atoms with Gasteiger partial charge in [0, 0.05) is 6.61 Å². The zero-order valence-electron chi connectivity index (χ0n) is 10.9. The molecule has 0 N–H and O–H groups in total. The summed E-state index contributed by atoms with van der Waals surface area (Å²) in [5, 5.41) is 0. The largest absolute Gasteiger partial charge is 0.416 e. The van der Waals surface area contributed by atoms with E-state index in [-0.39, 0.29) is 11.5 Å². The molecule has 0 aromatic heterocycles. The molecule has 0 amide bonds. The SMILES string of the molecule is CC1(S(=O)(=O)c2cccc(C(F)(F)F)c2)CCCOC1. The number of ether oxygens (including phenoxy) is 1. The van der Waals surface area contributed by atoms with Gasteiger partial charge in [-0.15, -0.1) is 0 Å². The van der Waals surface area contributed by atoms with E-state index in [2.05, 4.69) is 0 Å². The molecule has 1 heterocycles. The van der Waals surface area contributed by atoms with Crippen molar-refractivity contribution in [3.8, 4) is 0 Å². The maximum absolute atomic E-state index is 12.7. The van der Waals surface area contributed by atoms with Crippen LogP contribution in [0.1, 0.15) is 25.3 Å². The molecule has 1 atom stereocenters. The van der Waals surface area contributed by atoms with Gasteiger partial charge in [0.1, 0.15) is 0 Å². The molecule has 0 aliphatic carbocycles. The molecule has 0 radical (unpaired) electrons. The zero-order chi connectivity index (χ0) is 15.0. The van der Waals surface area contributed by atoms with Crippen molar-refractivity contribution in [2.24, 2.45) is 0 Å². The number of hydrogen-bond acceptors (Lipinski definition) is 3. The van der Waals surface area contributed by atoms with E-state index in [1.54, 1.807) is 0 Å². The summed E-state index contributed by atoms with van der Waals surface area (Å²) in [6.07, 6.45) is -3.60. The van der Waals surface area contributed by atoms with Crippen LogP contribution < -0.4 is 0 Å². The highest BCUT2D eigenvalue weighted by Crippen LogP contribution is 2.36. The average Bonchev–Trinajstić information content (AvgIpc) is 2.38. The molecule has 0 spiro atoms. The van der Waals surface area contributed by atoms with Crippen molar-refractivity contribution in [2.75, 3.05) is 13.2 Å². The Labute approximate surface area is 115 Å². The Kier molecular flexibility index (Phi) is 3.85. The fourth-order valence-corrected chi connectivity index (χ4v) is 4.00. The molecule has 1 saturated heterocycles. The van der Waals surface area contributed by atoms with Gasteiger partial charge in [-0.05, 0) is 38.0 Å². The molecule has 20 heavy (non-hydrogen) atoms. The van der Waals surface area contributed by atoms with Crippen LogP contribution >= 0.6 is 0 Å². The second-order valence-corrected chi connectivity index (χ2v) is 7.60. The van der Waals surface area contributed by atoms with Crippen molar-refractivity contribution in [1.29, 1.82) is 0 Å². The van der Waals surface area contributed by atoms with Crippen LogP contribution in [0.3, 0.4) is 0 Å². The number of rotatable bonds is 2. The highest BCUT2D eigenvalue weighted by Gasteiger charge is 2.43. The van der Waals surface area contributed by atoms with Crippen molar-refractivity contribution >= 4 is 9.84 Å². The van der Waals surface area contributed by atoms with Crippen molar-refractivity contribution in [3.05, 3.63) is 29.8 Å². The van der Waals surface area contributed by atoms with Gasteiger partial charge in [0.25, 0.3) is 0 Å². The van der Waals surface area contributed by atoms with E-state index in [4.69, 9.17) is 4.74 Å². The summed E-state index contributed by atoms with van der Waals surface area (Å²) in [7, 11) is -3.87. The van der Waals surface area contributed by atoms with Crippen LogP contribution in [0.5, 0.6) is 0 Å². The molecule has 1 aliphatic rings. The number of alkyl halides is 3. The number of benzene rings is 1. The summed E-state index contributed by atoms with van der Waals surface area (Å²) in [6.45, 7) is 2.00. The Morgan fingerprint density at radius 2 is 2.00 bits per heavy atom. The third kappa shape index (κ3) is 2.69.